The van der Waals surface area contributed by atoms with E-state index >= 15 is 0 Å². The van der Waals surface area contributed by atoms with Gasteiger partial charge in [-0.05, 0) is 48.4 Å². The number of fused-ring (bicyclic) bond motifs is 1. The van der Waals surface area contributed by atoms with Gasteiger partial charge in [-0.15, -0.1) is 0 Å². The minimum atomic E-state index is 0.0112. The largest absolute Gasteiger partial charge is 0.493 e. The number of carbonyl (C=O) groups excluding carboxylic acids is 1. The third-order valence-corrected chi connectivity index (χ3v) is 5.65. The SMILES string of the molecule is COc1ccc(/C=C/C(=O)N2CCN(c3cc(C)c4ccccc4n3)CC2)cc1OC. The fraction of sp³-hybridized carbons (Fsp3) is 0.280. The summed E-state index contributed by atoms with van der Waals surface area (Å²) in [6, 6.07) is 15.9. The number of aryl methyl sites for hydroxylation is 1. The quantitative estimate of drug-likeness (QED) is 0.589. The molecule has 0 radical (unpaired) electrons. The molecule has 1 amide bonds. The third-order valence-electron chi connectivity index (χ3n) is 5.65. The van der Waals surface area contributed by atoms with Crippen LogP contribution in [0.25, 0.3) is 17.0 Å². The second kappa shape index (κ2) is 9.08. The van der Waals surface area contributed by atoms with Crippen LogP contribution in [0.1, 0.15) is 11.1 Å². The van der Waals surface area contributed by atoms with E-state index < -0.39 is 0 Å². The van der Waals surface area contributed by atoms with Gasteiger partial charge in [0.1, 0.15) is 5.82 Å². The summed E-state index contributed by atoms with van der Waals surface area (Å²) in [4.78, 5) is 21.6. The number of hydrogen-bond acceptors (Lipinski definition) is 5. The number of para-hydroxylation sites is 1. The van der Waals surface area contributed by atoms with Crippen molar-refractivity contribution in [1.29, 1.82) is 0 Å². The van der Waals surface area contributed by atoms with Crippen molar-refractivity contribution in [1.82, 2.24) is 9.88 Å². The van der Waals surface area contributed by atoms with Gasteiger partial charge in [-0.25, -0.2) is 4.98 Å². The molecular weight excluding hydrogens is 390 g/mol. The van der Waals surface area contributed by atoms with Crippen LogP contribution in [-0.4, -0.2) is 56.2 Å². The molecule has 0 spiro atoms. The Balaban J connectivity index is 1.39. The molecule has 1 aliphatic rings. The molecule has 0 bridgehead atoms. The highest BCUT2D eigenvalue weighted by Crippen LogP contribution is 2.28. The second-order valence-corrected chi connectivity index (χ2v) is 7.57. The highest BCUT2D eigenvalue weighted by Gasteiger charge is 2.21. The number of hydrogen-bond donors (Lipinski definition) is 0. The summed E-state index contributed by atoms with van der Waals surface area (Å²) >= 11 is 0. The van der Waals surface area contributed by atoms with Crippen molar-refractivity contribution in [2.45, 2.75) is 6.92 Å². The van der Waals surface area contributed by atoms with Crippen LogP contribution < -0.4 is 14.4 Å². The first kappa shape index (κ1) is 20.7. The summed E-state index contributed by atoms with van der Waals surface area (Å²) in [7, 11) is 3.20. The number of amides is 1. The molecule has 1 saturated heterocycles. The summed E-state index contributed by atoms with van der Waals surface area (Å²) in [5.74, 6) is 2.30. The Hall–Kier alpha value is -3.54. The van der Waals surface area contributed by atoms with E-state index in [4.69, 9.17) is 14.5 Å². The Morgan fingerprint density at radius 3 is 2.45 bits per heavy atom. The predicted octanol–water partition coefficient (Wildman–Crippen LogP) is 3.92. The van der Waals surface area contributed by atoms with E-state index in [1.807, 2.05) is 47.4 Å². The zero-order valence-electron chi connectivity index (χ0n) is 18.2. The first-order valence-electron chi connectivity index (χ1n) is 10.4. The fourth-order valence-electron chi connectivity index (χ4n) is 3.88. The van der Waals surface area contributed by atoms with Gasteiger partial charge in [0, 0.05) is 37.6 Å². The molecule has 0 saturated carbocycles. The maximum atomic E-state index is 12.7. The highest BCUT2D eigenvalue weighted by atomic mass is 16.5. The van der Waals surface area contributed by atoms with Gasteiger partial charge in [-0.1, -0.05) is 24.3 Å². The normalized spacial score (nSPS) is 14.3. The smallest absolute Gasteiger partial charge is 0.246 e. The third kappa shape index (κ3) is 4.48. The van der Waals surface area contributed by atoms with Crippen molar-refractivity contribution in [2.75, 3.05) is 45.3 Å². The monoisotopic (exact) mass is 417 g/mol. The van der Waals surface area contributed by atoms with Gasteiger partial charge >= 0.3 is 0 Å². The van der Waals surface area contributed by atoms with E-state index in [1.165, 1.54) is 10.9 Å². The fourth-order valence-corrected chi connectivity index (χ4v) is 3.88. The molecule has 31 heavy (non-hydrogen) atoms. The van der Waals surface area contributed by atoms with Crippen molar-refractivity contribution in [3.05, 3.63) is 65.7 Å². The standard InChI is InChI=1S/C25H27N3O3/c1-18-16-24(26-21-7-5-4-6-20(18)21)27-12-14-28(15-13-27)25(29)11-9-19-8-10-22(30-2)23(17-19)31-3/h4-11,16-17H,12-15H2,1-3H3/b11-9+. The second-order valence-electron chi connectivity index (χ2n) is 7.57. The Morgan fingerprint density at radius 2 is 1.71 bits per heavy atom. The Bertz CT molecular complexity index is 1120. The van der Waals surface area contributed by atoms with Gasteiger partial charge in [0.15, 0.2) is 11.5 Å². The Labute approximate surface area is 182 Å². The summed E-state index contributed by atoms with van der Waals surface area (Å²) in [5, 5.41) is 1.18. The van der Waals surface area contributed by atoms with E-state index in [0.717, 1.165) is 30.0 Å². The summed E-state index contributed by atoms with van der Waals surface area (Å²) < 4.78 is 10.6. The van der Waals surface area contributed by atoms with E-state index in [0.29, 0.717) is 24.6 Å². The summed E-state index contributed by atoms with van der Waals surface area (Å²) in [5.41, 5.74) is 3.12. The number of aromatic nitrogens is 1. The van der Waals surface area contributed by atoms with Crippen molar-refractivity contribution in [2.24, 2.45) is 0 Å². The van der Waals surface area contributed by atoms with E-state index in [1.54, 1.807) is 20.3 Å². The van der Waals surface area contributed by atoms with E-state index in [-0.39, 0.29) is 5.91 Å². The molecule has 2 aromatic carbocycles. The van der Waals surface area contributed by atoms with Gasteiger partial charge < -0.3 is 19.3 Å². The average Bonchev–Trinajstić information content (AvgIpc) is 2.82. The molecule has 6 heteroatoms. The Morgan fingerprint density at radius 1 is 0.968 bits per heavy atom. The number of nitrogens with zero attached hydrogens (tertiary/aromatic N) is 3. The lowest BCUT2D eigenvalue weighted by molar-refractivity contribution is -0.126. The number of piperazine rings is 1. The highest BCUT2D eigenvalue weighted by molar-refractivity contribution is 5.92. The molecule has 1 fully saturated rings. The Kier molecular flexibility index (Phi) is 6.07. The summed E-state index contributed by atoms with van der Waals surface area (Å²) in [6.07, 6.45) is 3.43. The van der Waals surface area contributed by atoms with Crippen LogP contribution in [0.3, 0.4) is 0 Å². The van der Waals surface area contributed by atoms with Crippen LogP contribution in [0, 0.1) is 6.92 Å². The zero-order chi connectivity index (χ0) is 21.8. The minimum absolute atomic E-state index is 0.0112. The number of anilines is 1. The van der Waals surface area contributed by atoms with Crippen LogP contribution in [0.5, 0.6) is 11.5 Å². The van der Waals surface area contributed by atoms with Crippen LogP contribution in [0.15, 0.2) is 54.6 Å². The van der Waals surface area contributed by atoms with Crippen LogP contribution in [-0.2, 0) is 4.79 Å². The lowest BCUT2D eigenvalue weighted by Crippen LogP contribution is -2.48. The number of ether oxygens (including phenoxy) is 2. The number of pyridine rings is 1. The lowest BCUT2D eigenvalue weighted by Gasteiger charge is -2.35. The maximum Gasteiger partial charge on any atom is 0.246 e. The molecule has 160 valence electrons. The number of rotatable bonds is 5. The van der Waals surface area contributed by atoms with E-state index in [9.17, 15) is 4.79 Å². The topological polar surface area (TPSA) is 54.9 Å². The van der Waals surface area contributed by atoms with Crippen molar-refractivity contribution < 1.29 is 14.3 Å². The predicted molar refractivity (Wildman–Crippen MR) is 124 cm³/mol. The molecular formula is C25H27N3O3. The molecule has 6 nitrogen and oxygen atoms in total. The molecule has 1 aromatic heterocycles. The number of methoxy groups -OCH3 is 2. The van der Waals surface area contributed by atoms with Gasteiger partial charge in [0.2, 0.25) is 5.91 Å². The lowest BCUT2D eigenvalue weighted by atomic mass is 10.1. The molecule has 4 rings (SSSR count). The molecule has 2 heterocycles. The van der Waals surface area contributed by atoms with Crippen molar-refractivity contribution in [3.8, 4) is 11.5 Å². The molecule has 0 N–H and O–H groups in total. The molecule has 3 aromatic rings. The maximum absolute atomic E-state index is 12.7. The van der Waals surface area contributed by atoms with Crippen molar-refractivity contribution in [3.63, 3.8) is 0 Å². The first-order chi connectivity index (χ1) is 15.1. The van der Waals surface area contributed by atoms with Gasteiger partial charge in [-0.2, -0.15) is 0 Å². The zero-order valence-corrected chi connectivity index (χ0v) is 18.2. The molecule has 1 aliphatic heterocycles. The first-order valence-corrected chi connectivity index (χ1v) is 10.4. The van der Waals surface area contributed by atoms with Gasteiger partial charge in [0.25, 0.3) is 0 Å². The molecule has 0 aliphatic carbocycles. The van der Waals surface area contributed by atoms with Crippen LogP contribution in [0.4, 0.5) is 5.82 Å². The van der Waals surface area contributed by atoms with Crippen LogP contribution >= 0.6 is 0 Å². The minimum Gasteiger partial charge on any atom is -0.493 e. The van der Waals surface area contributed by atoms with Gasteiger partial charge in [0.05, 0.1) is 19.7 Å². The van der Waals surface area contributed by atoms with Crippen molar-refractivity contribution >= 4 is 28.7 Å². The van der Waals surface area contributed by atoms with Gasteiger partial charge in [-0.3, -0.25) is 4.79 Å². The summed E-state index contributed by atoms with van der Waals surface area (Å²) in [6.45, 7) is 4.99. The molecule has 0 unspecified atom stereocenters. The molecule has 0 atom stereocenters. The number of benzene rings is 2. The number of carbonyl (C=O) groups is 1. The van der Waals surface area contributed by atoms with E-state index in [2.05, 4.69) is 24.0 Å². The van der Waals surface area contributed by atoms with Crippen LogP contribution in [0.2, 0.25) is 0 Å². The average molecular weight is 418 g/mol.